The van der Waals surface area contributed by atoms with Crippen LogP contribution in [0.4, 0.5) is 0 Å². The van der Waals surface area contributed by atoms with Crippen molar-refractivity contribution in [2.24, 2.45) is 0 Å². The Morgan fingerprint density at radius 3 is 2.07 bits per heavy atom. The Morgan fingerprint density at radius 1 is 1.07 bits per heavy atom. The number of thiol groups is 1. The highest BCUT2D eigenvalue weighted by Crippen LogP contribution is 2.36. The van der Waals surface area contributed by atoms with Gasteiger partial charge in [-0.05, 0) is 18.1 Å². The summed E-state index contributed by atoms with van der Waals surface area (Å²) in [7, 11) is -1.56. The quantitative estimate of drug-likeness (QED) is 0.434. The Morgan fingerprint density at radius 2 is 1.64 bits per heavy atom. The molecule has 0 aromatic rings. The highest BCUT2D eigenvalue weighted by molar-refractivity contribution is 7.80. The minimum Gasteiger partial charge on any atom is -0.414 e. The Balaban J connectivity index is 3.67. The SMILES string of the molecule is CC(C)(C)[Si](C)(C)OCCOCCS. The van der Waals surface area contributed by atoms with Gasteiger partial charge < -0.3 is 9.16 Å². The van der Waals surface area contributed by atoms with E-state index in [0.717, 1.165) is 5.75 Å². The summed E-state index contributed by atoms with van der Waals surface area (Å²) in [6.07, 6.45) is 0. The van der Waals surface area contributed by atoms with E-state index in [2.05, 4.69) is 46.5 Å². The standard InChI is InChI=1S/C10H24O2SSi/c1-10(2,3)14(4,5)12-7-6-11-8-9-13/h13H,6-9H2,1-5H3. The fourth-order valence-corrected chi connectivity index (χ4v) is 1.89. The van der Waals surface area contributed by atoms with Gasteiger partial charge in [-0.25, -0.2) is 0 Å². The number of rotatable bonds is 6. The van der Waals surface area contributed by atoms with Crippen LogP contribution in [0, 0.1) is 0 Å². The van der Waals surface area contributed by atoms with Gasteiger partial charge in [-0.2, -0.15) is 12.6 Å². The summed E-state index contributed by atoms with van der Waals surface area (Å²) < 4.78 is 11.2. The lowest BCUT2D eigenvalue weighted by Gasteiger charge is -2.36. The van der Waals surface area contributed by atoms with E-state index in [1.54, 1.807) is 0 Å². The monoisotopic (exact) mass is 236 g/mol. The Kier molecular flexibility index (Phi) is 6.37. The molecule has 0 bridgehead atoms. The van der Waals surface area contributed by atoms with Crippen LogP contribution in [-0.4, -0.2) is 33.9 Å². The van der Waals surface area contributed by atoms with Gasteiger partial charge in [0.1, 0.15) is 0 Å². The van der Waals surface area contributed by atoms with Gasteiger partial charge >= 0.3 is 0 Å². The first-order valence-corrected chi connectivity index (χ1v) is 8.68. The number of ether oxygens (including phenoxy) is 1. The molecule has 0 unspecified atom stereocenters. The van der Waals surface area contributed by atoms with Gasteiger partial charge in [-0.1, -0.05) is 20.8 Å². The van der Waals surface area contributed by atoms with Crippen molar-refractivity contribution >= 4 is 20.9 Å². The van der Waals surface area contributed by atoms with E-state index in [0.29, 0.717) is 19.8 Å². The molecule has 0 aromatic heterocycles. The lowest BCUT2D eigenvalue weighted by molar-refractivity contribution is 0.107. The second-order valence-electron chi connectivity index (χ2n) is 4.94. The lowest BCUT2D eigenvalue weighted by Crippen LogP contribution is -2.41. The summed E-state index contributed by atoms with van der Waals surface area (Å²) in [5, 5.41) is 0.288. The van der Waals surface area contributed by atoms with E-state index in [4.69, 9.17) is 9.16 Å². The Hall–Kier alpha value is 0.487. The van der Waals surface area contributed by atoms with Gasteiger partial charge in [-0.3, -0.25) is 0 Å². The maximum atomic E-state index is 5.93. The second-order valence-corrected chi connectivity index (χ2v) is 10.2. The van der Waals surface area contributed by atoms with E-state index in [1.165, 1.54) is 0 Å². The molecule has 86 valence electrons. The third-order valence-electron chi connectivity index (χ3n) is 2.73. The smallest absolute Gasteiger partial charge is 0.192 e. The van der Waals surface area contributed by atoms with Crippen LogP contribution in [-0.2, 0) is 9.16 Å². The third kappa shape index (κ3) is 5.39. The Bertz CT molecular complexity index is 155. The molecule has 14 heavy (non-hydrogen) atoms. The highest BCUT2D eigenvalue weighted by Gasteiger charge is 2.36. The molecule has 0 aliphatic rings. The van der Waals surface area contributed by atoms with Crippen molar-refractivity contribution in [3.63, 3.8) is 0 Å². The average molecular weight is 236 g/mol. The first-order chi connectivity index (χ1) is 6.31. The number of hydrogen-bond donors (Lipinski definition) is 1. The molecule has 0 fully saturated rings. The number of hydrogen-bond acceptors (Lipinski definition) is 3. The van der Waals surface area contributed by atoms with Crippen molar-refractivity contribution < 1.29 is 9.16 Å². The van der Waals surface area contributed by atoms with Crippen LogP contribution < -0.4 is 0 Å². The van der Waals surface area contributed by atoms with E-state index in [1.807, 2.05) is 0 Å². The zero-order valence-electron chi connectivity index (χ0n) is 10.1. The zero-order chi connectivity index (χ0) is 11.2. The minimum atomic E-state index is -1.56. The largest absolute Gasteiger partial charge is 0.414 e. The molecule has 0 spiro atoms. The summed E-state index contributed by atoms with van der Waals surface area (Å²) in [6.45, 7) is 13.4. The lowest BCUT2D eigenvalue weighted by atomic mass is 10.2. The first kappa shape index (κ1) is 14.5. The maximum Gasteiger partial charge on any atom is 0.192 e. The molecule has 0 aliphatic carbocycles. The molecule has 2 nitrogen and oxygen atoms in total. The molecular formula is C10H24O2SSi. The molecule has 0 radical (unpaired) electrons. The molecule has 0 N–H and O–H groups in total. The minimum absolute atomic E-state index is 0.288. The molecule has 0 atom stereocenters. The van der Waals surface area contributed by atoms with Crippen LogP contribution in [0.1, 0.15) is 20.8 Å². The molecule has 0 amide bonds. The van der Waals surface area contributed by atoms with Crippen LogP contribution in [0.25, 0.3) is 0 Å². The molecule has 0 aromatic carbocycles. The highest BCUT2D eigenvalue weighted by atomic mass is 32.1. The normalized spacial score (nSPS) is 13.3. The van der Waals surface area contributed by atoms with Gasteiger partial charge in [0.2, 0.25) is 0 Å². The van der Waals surface area contributed by atoms with Crippen LogP contribution in [0.15, 0.2) is 0 Å². The van der Waals surface area contributed by atoms with Crippen LogP contribution in [0.3, 0.4) is 0 Å². The summed E-state index contributed by atoms with van der Waals surface area (Å²) in [5.41, 5.74) is 0. The van der Waals surface area contributed by atoms with Gasteiger partial charge in [0, 0.05) is 5.75 Å². The van der Waals surface area contributed by atoms with Crippen molar-refractivity contribution in [1.82, 2.24) is 0 Å². The van der Waals surface area contributed by atoms with Gasteiger partial charge in [0.15, 0.2) is 8.32 Å². The molecule has 0 rings (SSSR count). The molecular weight excluding hydrogens is 212 g/mol. The summed E-state index contributed by atoms with van der Waals surface area (Å²) in [4.78, 5) is 0. The summed E-state index contributed by atoms with van der Waals surface area (Å²) in [5.74, 6) is 0.778. The predicted molar refractivity (Wildman–Crippen MR) is 67.8 cm³/mol. The van der Waals surface area contributed by atoms with Crippen molar-refractivity contribution in [1.29, 1.82) is 0 Å². The van der Waals surface area contributed by atoms with Crippen molar-refractivity contribution in [2.75, 3.05) is 25.6 Å². The molecule has 4 heteroatoms. The van der Waals surface area contributed by atoms with Crippen LogP contribution in [0.2, 0.25) is 18.1 Å². The van der Waals surface area contributed by atoms with E-state index in [-0.39, 0.29) is 5.04 Å². The molecule has 0 aliphatic heterocycles. The van der Waals surface area contributed by atoms with E-state index < -0.39 is 8.32 Å². The predicted octanol–water partition coefficient (Wildman–Crippen LogP) is 2.95. The summed E-state index contributed by atoms with van der Waals surface area (Å²) >= 11 is 4.07. The Labute approximate surface area is 94.9 Å². The van der Waals surface area contributed by atoms with Gasteiger partial charge in [0.05, 0.1) is 19.8 Å². The molecule has 0 heterocycles. The zero-order valence-corrected chi connectivity index (χ0v) is 12.0. The first-order valence-electron chi connectivity index (χ1n) is 5.14. The third-order valence-corrected chi connectivity index (χ3v) is 7.45. The van der Waals surface area contributed by atoms with Crippen molar-refractivity contribution in [3.8, 4) is 0 Å². The summed E-state index contributed by atoms with van der Waals surface area (Å²) in [6, 6.07) is 0. The van der Waals surface area contributed by atoms with E-state index in [9.17, 15) is 0 Å². The second kappa shape index (κ2) is 6.15. The fourth-order valence-electron chi connectivity index (χ4n) is 0.739. The van der Waals surface area contributed by atoms with Gasteiger partial charge in [0.25, 0.3) is 0 Å². The van der Waals surface area contributed by atoms with Gasteiger partial charge in [-0.15, -0.1) is 0 Å². The van der Waals surface area contributed by atoms with Crippen molar-refractivity contribution in [2.45, 2.75) is 38.9 Å². The molecule has 0 saturated carbocycles. The fraction of sp³-hybridized carbons (Fsp3) is 1.00. The van der Waals surface area contributed by atoms with Crippen LogP contribution >= 0.6 is 12.6 Å². The van der Waals surface area contributed by atoms with E-state index >= 15 is 0 Å². The maximum absolute atomic E-state index is 5.93. The van der Waals surface area contributed by atoms with Crippen LogP contribution in [0.5, 0.6) is 0 Å². The topological polar surface area (TPSA) is 18.5 Å². The average Bonchev–Trinajstić information content (AvgIpc) is 2.02. The molecule has 0 saturated heterocycles. The van der Waals surface area contributed by atoms with Crippen molar-refractivity contribution in [3.05, 3.63) is 0 Å².